The molecule has 0 spiro atoms. The number of hydrogen-bond donors (Lipinski definition) is 1. The lowest BCUT2D eigenvalue weighted by Gasteiger charge is -2.27. The molecule has 1 aromatic carbocycles. The van der Waals surface area contributed by atoms with Gasteiger partial charge in [-0.15, -0.1) is 0 Å². The summed E-state index contributed by atoms with van der Waals surface area (Å²) in [5, 5.41) is 3.24. The van der Waals surface area contributed by atoms with Crippen LogP contribution in [-0.4, -0.2) is 44.2 Å². The van der Waals surface area contributed by atoms with Crippen LogP contribution >= 0.6 is 0 Å². The fraction of sp³-hybridized carbons (Fsp3) is 0.588. The number of carbonyl (C=O) groups is 1. The van der Waals surface area contributed by atoms with E-state index in [-0.39, 0.29) is 23.3 Å². The van der Waals surface area contributed by atoms with Crippen molar-refractivity contribution in [1.82, 2.24) is 10.2 Å². The first-order valence-electron chi connectivity index (χ1n) is 8.17. The van der Waals surface area contributed by atoms with Gasteiger partial charge < -0.3 is 19.7 Å². The molecule has 1 N–H and O–H groups in total. The van der Waals surface area contributed by atoms with Crippen molar-refractivity contribution in [2.45, 2.75) is 32.9 Å². The zero-order valence-corrected chi connectivity index (χ0v) is 14.1. The smallest absolute Gasteiger partial charge is 0.387 e. The van der Waals surface area contributed by atoms with E-state index in [1.54, 1.807) is 31.0 Å². The van der Waals surface area contributed by atoms with E-state index in [1.807, 2.05) is 0 Å². The minimum atomic E-state index is -2.90. The highest BCUT2D eigenvalue weighted by molar-refractivity contribution is 5.78. The normalized spacial score (nSPS) is 15.4. The highest BCUT2D eigenvalue weighted by atomic mass is 19.3. The molecular formula is C17H24F2N2O3. The SMILES string of the molecule is CCOc1cc(CN(C)C(=O)C2CCNCC2)ccc1OC(F)F. The summed E-state index contributed by atoms with van der Waals surface area (Å²) < 4.78 is 34.7. The third-order valence-corrected chi connectivity index (χ3v) is 4.01. The first-order valence-corrected chi connectivity index (χ1v) is 8.17. The van der Waals surface area contributed by atoms with Gasteiger partial charge in [-0.25, -0.2) is 0 Å². The average molecular weight is 342 g/mol. The van der Waals surface area contributed by atoms with E-state index in [4.69, 9.17) is 4.74 Å². The number of nitrogens with zero attached hydrogens (tertiary/aromatic N) is 1. The number of alkyl halides is 2. The maximum atomic E-state index is 12.5. The monoisotopic (exact) mass is 342 g/mol. The number of rotatable bonds is 7. The summed E-state index contributed by atoms with van der Waals surface area (Å²) in [6.45, 7) is 1.33. The number of hydrogen-bond acceptors (Lipinski definition) is 4. The van der Waals surface area contributed by atoms with Crippen LogP contribution in [0, 0.1) is 5.92 Å². The Hall–Kier alpha value is -1.89. The molecule has 1 saturated heterocycles. The molecular weight excluding hydrogens is 318 g/mol. The Bertz CT molecular complexity index is 549. The fourth-order valence-corrected chi connectivity index (χ4v) is 2.84. The van der Waals surface area contributed by atoms with Crippen LogP contribution in [0.15, 0.2) is 18.2 Å². The maximum absolute atomic E-state index is 12.5. The molecule has 0 aliphatic carbocycles. The number of nitrogens with one attached hydrogen (secondary N) is 1. The van der Waals surface area contributed by atoms with Crippen molar-refractivity contribution >= 4 is 5.91 Å². The molecule has 24 heavy (non-hydrogen) atoms. The van der Waals surface area contributed by atoms with Gasteiger partial charge in [0.15, 0.2) is 11.5 Å². The van der Waals surface area contributed by atoms with Crippen LogP contribution in [0.3, 0.4) is 0 Å². The van der Waals surface area contributed by atoms with Crippen molar-refractivity contribution in [3.8, 4) is 11.5 Å². The Morgan fingerprint density at radius 2 is 2.04 bits per heavy atom. The van der Waals surface area contributed by atoms with Gasteiger partial charge in [-0.1, -0.05) is 6.07 Å². The van der Waals surface area contributed by atoms with Crippen molar-refractivity contribution in [2.75, 3.05) is 26.7 Å². The van der Waals surface area contributed by atoms with Crippen molar-refractivity contribution in [1.29, 1.82) is 0 Å². The van der Waals surface area contributed by atoms with Crippen LogP contribution in [0.5, 0.6) is 11.5 Å². The molecule has 134 valence electrons. The molecule has 1 amide bonds. The predicted molar refractivity (Wildman–Crippen MR) is 86.3 cm³/mol. The fourth-order valence-electron chi connectivity index (χ4n) is 2.84. The minimum Gasteiger partial charge on any atom is -0.490 e. The number of carbonyl (C=O) groups excluding carboxylic acids is 1. The Kier molecular flexibility index (Phi) is 6.78. The number of piperidine rings is 1. The van der Waals surface area contributed by atoms with Crippen LogP contribution in [0.25, 0.3) is 0 Å². The Labute approximate surface area is 140 Å². The van der Waals surface area contributed by atoms with Crippen molar-refractivity contribution in [2.24, 2.45) is 5.92 Å². The van der Waals surface area contributed by atoms with Gasteiger partial charge in [-0.05, 0) is 50.6 Å². The molecule has 2 rings (SSSR count). The predicted octanol–water partition coefficient (Wildman–Crippen LogP) is 2.64. The molecule has 0 radical (unpaired) electrons. The van der Waals surface area contributed by atoms with Crippen LogP contribution in [-0.2, 0) is 11.3 Å². The second-order valence-electron chi connectivity index (χ2n) is 5.81. The molecule has 5 nitrogen and oxygen atoms in total. The van der Waals surface area contributed by atoms with Crippen molar-refractivity contribution in [3.63, 3.8) is 0 Å². The molecule has 0 bridgehead atoms. The molecule has 0 unspecified atom stereocenters. The van der Waals surface area contributed by atoms with E-state index in [1.165, 1.54) is 6.07 Å². The van der Waals surface area contributed by atoms with Gasteiger partial charge >= 0.3 is 6.61 Å². The summed E-state index contributed by atoms with van der Waals surface area (Å²) in [4.78, 5) is 14.1. The molecule has 7 heteroatoms. The quantitative estimate of drug-likeness (QED) is 0.828. The largest absolute Gasteiger partial charge is 0.490 e. The molecule has 0 atom stereocenters. The van der Waals surface area contributed by atoms with Crippen LogP contribution in [0.4, 0.5) is 8.78 Å². The summed E-state index contributed by atoms with van der Waals surface area (Å²) in [5.41, 5.74) is 0.810. The molecule has 1 aliphatic rings. The zero-order chi connectivity index (χ0) is 17.5. The Balaban J connectivity index is 2.05. The van der Waals surface area contributed by atoms with Gasteiger partial charge in [-0.2, -0.15) is 8.78 Å². The van der Waals surface area contributed by atoms with E-state index < -0.39 is 6.61 Å². The van der Waals surface area contributed by atoms with Gasteiger partial charge in [0.05, 0.1) is 6.61 Å². The summed E-state index contributed by atoms with van der Waals surface area (Å²) in [5.74, 6) is 0.423. The van der Waals surface area contributed by atoms with Crippen LogP contribution < -0.4 is 14.8 Å². The lowest BCUT2D eigenvalue weighted by molar-refractivity contribution is -0.135. The van der Waals surface area contributed by atoms with E-state index in [2.05, 4.69) is 10.1 Å². The van der Waals surface area contributed by atoms with E-state index in [9.17, 15) is 13.6 Å². The van der Waals surface area contributed by atoms with Gasteiger partial charge in [0, 0.05) is 19.5 Å². The highest BCUT2D eigenvalue weighted by Crippen LogP contribution is 2.30. The number of amides is 1. The Morgan fingerprint density at radius 3 is 2.67 bits per heavy atom. The number of benzene rings is 1. The third-order valence-electron chi connectivity index (χ3n) is 4.01. The van der Waals surface area contributed by atoms with Gasteiger partial charge in [0.25, 0.3) is 0 Å². The summed E-state index contributed by atoms with van der Waals surface area (Å²) >= 11 is 0. The van der Waals surface area contributed by atoms with Crippen molar-refractivity contribution < 1.29 is 23.0 Å². The summed E-state index contributed by atoms with van der Waals surface area (Å²) in [7, 11) is 1.76. The summed E-state index contributed by atoms with van der Waals surface area (Å²) in [6, 6.07) is 4.77. The molecule has 1 aromatic rings. The van der Waals surface area contributed by atoms with Gasteiger partial charge in [0.1, 0.15) is 0 Å². The standard InChI is InChI=1S/C17H24F2N2O3/c1-3-23-15-10-12(4-5-14(15)24-17(18)19)11-21(2)16(22)13-6-8-20-9-7-13/h4-5,10,13,17,20H,3,6-9,11H2,1-2H3. The van der Waals surface area contributed by atoms with E-state index in [0.717, 1.165) is 31.5 Å². The van der Waals surface area contributed by atoms with Gasteiger partial charge in [0.2, 0.25) is 5.91 Å². The number of halogens is 2. The molecule has 1 fully saturated rings. The lowest BCUT2D eigenvalue weighted by atomic mass is 9.96. The van der Waals surface area contributed by atoms with Crippen LogP contribution in [0.2, 0.25) is 0 Å². The van der Waals surface area contributed by atoms with Crippen molar-refractivity contribution in [3.05, 3.63) is 23.8 Å². The lowest BCUT2D eigenvalue weighted by Crippen LogP contribution is -2.38. The maximum Gasteiger partial charge on any atom is 0.387 e. The van der Waals surface area contributed by atoms with Crippen LogP contribution in [0.1, 0.15) is 25.3 Å². The summed E-state index contributed by atoms with van der Waals surface area (Å²) in [6.07, 6.45) is 1.68. The highest BCUT2D eigenvalue weighted by Gasteiger charge is 2.24. The second kappa shape index (κ2) is 8.82. The topological polar surface area (TPSA) is 50.8 Å². The molecule has 1 heterocycles. The molecule has 0 aromatic heterocycles. The molecule has 0 saturated carbocycles. The van der Waals surface area contributed by atoms with E-state index in [0.29, 0.717) is 13.2 Å². The average Bonchev–Trinajstić information content (AvgIpc) is 2.57. The van der Waals surface area contributed by atoms with E-state index >= 15 is 0 Å². The molecule has 1 aliphatic heterocycles. The third kappa shape index (κ3) is 5.06. The zero-order valence-electron chi connectivity index (χ0n) is 14.1. The first kappa shape index (κ1) is 18.4. The minimum absolute atomic E-state index is 0.00272. The first-order chi connectivity index (χ1) is 11.5. The Morgan fingerprint density at radius 1 is 1.33 bits per heavy atom. The second-order valence-corrected chi connectivity index (χ2v) is 5.81. The number of ether oxygens (including phenoxy) is 2. The van der Waals surface area contributed by atoms with Gasteiger partial charge in [-0.3, -0.25) is 4.79 Å².